The van der Waals surface area contributed by atoms with Crippen molar-refractivity contribution in [3.63, 3.8) is 0 Å². The largest absolute Gasteiger partial charge is 0.461 e. The Bertz CT molecular complexity index is 1290. The Hall–Kier alpha value is -3.60. The first-order valence-corrected chi connectivity index (χ1v) is 11.9. The van der Waals surface area contributed by atoms with Gasteiger partial charge in [0.1, 0.15) is 17.0 Å². The van der Waals surface area contributed by atoms with Crippen molar-refractivity contribution in [1.82, 2.24) is 9.55 Å². The quantitative estimate of drug-likeness (QED) is 0.527. The molecule has 1 N–H and O–H groups in total. The molecule has 0 bridgehead atoms. The topological polar surface area (TPSA) is 126 Å². The maximum atomic E-state index is 12.9. The lowest BCUT2D eigenvalue weighted by Crippen LogP contribution is -2.29. The van der Waals surface area contributed by atoms with Crippen molar-refractivity contribution in [2.45, 2.75) is 33.3 Å². The zero-order valence-electron chi connectivity index (χ0n) is 18.9. The highest BCUT2D eigenvalue weighted by Gasteiger charge is 2.26. The number of esters is 1. The second kappa shape index (κ2) is 9.10. The maximum absolute atomic E-state index is 12.9. The van der Waals surface area contributed by atoms with Gasteiger partial charge >= 0.3 is 12.1 Å². The number of hydrogen-bond acceptors (Lipinski definition) is 8. The second-order valence-corrected chi connectivity index (χ2v) is 9.90. The van der Waals surface area contributed by atoms with E-state index in [1.807, 2.05) is 0 Å². The van der Waals surface area contributed by atoms with E-state index in [0.717, 1.165) is 10.8 Å². The number of sulfonamides is 1. The molecular formula is C22H25N3O7S. The first-order valence-electron chi connectivity index (χ1n) is 10.0. The van der Waals surface area contributed by atoms with E-state index in [4.69, 9.17) is 14.2 Å². The van der Waals surface area contributed by atoms with Gasteiger partial charge in [-0.15, -0.1) is 0 Å². The van der Waals surface area contributed by atoms with Crippen molar-refractivity contribution >= 4 is 38.7 Å². The number of pyridine rings is 1. The van der Waals surface area contributed by atoms with E-state index < -0.39 is 27.7 Å². The van der Waals surface area contributed by atoms with Crippen molar-refractivity contribution in [1.29, 1.82) is 0 Å². The Balaban J connectivity index is 1.98. The molecule has 33 heavy (non-hydrogen) atoms. The molecule has 10 nitrogen and oxygen atoms in total. The van der Waals surface area contributed by atoms with Crippen LogP contribution in [0.5, 0.6) is 11.6 Å². The summed E-state index contributed by atoms with van der Waals surface area (Å²) >= 11 is 0. The predicted molar refractivity (Wildman–Crippen MR) is 122 cm³/mol. The molecule has 0 amide bonds. The molecule has 0 saturated carbocycles. The van der Waals surface area contributed by atoms with Crippen molar-refractivity contribution in [2.75, 3.05) is 17.6 Å². The number of benzene rings is 1. The molecule has 2 heterocycles. The molecule has 0 radical (unpaired) electrons. The molecule has 0 aliphatic carbocycles. The first kappa shape index (κ1) is 24.1. The van der Waals surface area contributed by atoms with Crippen LogP contribution in [-0.4, -0.2) is 48.5 Å². The van der Waals surface area contributed by atoms with Gasteiger partial charge in [-0.3, -0.25) is 4.72 Å². The van der Waals surface area contributed by atoms with Gasteiger partial charge in [0.2, 0.25) is 15.9 Å². The Morgan fingerprint density at radius 3 is 2.42 bits per heavy atom. The highest BCUT2D eigenvalue weighted by Crippen LogP contribution is 2.29. The summed E-state index contributed by atoms with van der Waals surface area (Å²) in [6.45, 7) is 7.00. The summed E-state index contributed by atoms with van der Waals surface area (Å²) in [4.78, 5) is 29.5. The van der Waals surface area contributed by atoms with Crippen LogP contribution >= 0.6 is 0 Å². The summed E-state index contributed by atoms with van der Waals surface area (Å²) in [7, 11) is -3.42. The number of nitrogens with zero attached hydrogens (tertiary/aromatic N) is 2. The fraction of sp³-hybridized carbons (Fsp3) is 0.318. The molecule has 0 unspecified atom stereocenters. The molecule has 3 aromatic rings. The Labute approximate surface area is 191 Å². The maximum Gasteiger partial charge on any atom is 0.419 e. The number of hydrogen-bond donors (Lipinski definition) is 1. The molecule has 0 fully saturated rings. The molecular weight excluding hydrogens is 450 g/mol. The Morgan fingerprint density at radius 2 is 1.85 bits per heavy atom. The smallest absolute Gasteiger partial charge is 0.419 e. The Kier molecular flexibility index (Phi) is 6.63. The summed E-state index contributed by atoms with van der Waals surface area (Å²) in [5, 5.41) is 0.608. The third-order valence-corrected chi connectivity index (χ3v) is 4.71. The lowest BCUT2D eigenvalue weighted by molar-refractivity contribution is 0.0454. The van der Waals surface area contributed by atoms with E-state index in [9.17, 15) is 18.0 Å². The van der Waals surface area contributed by atoms with Crippen LogP contribution in [0.4, 0.5) is 10.5 Å². The standard InChI is InChI=1S/C22H25N3O7S/c1-6-30-20(26)18-11-14-7-9-16(12-17(14)25(18)21(27)32-22(2,3)4)31-19-10-8-15(13-23-19)24-33(5,28)29/h7-13,24H,6H2,1-5H3. The fourth-order valence-corrected chi connectivity index (χ4v) is 3.49. The summed E-state index contributed by atoms with van der Waals surface area (Å²) in [6, 6.07) is 9.46. The van der Waals surface area contributed by atoms with E-state index in [2.05, 4.69) is 9.71 Å². The highest BCUT2D eigenvalue weighted by molar-refractivity contribution is 7.92. The summed E-state index contributed by atoms with van der Waals surface area (Å²) in [6.07, 6.45) is 1.63. The minimum Gasteiger partial charge on any atom is -0.461 e. The summed E-state index contributed by atoms with van der Waals surface area (Å²) in [5.41, 5.74) is -0.0646. The average molecular weight is 476 g/mol. The zero-order chi connectivity index (χ0) is 24.4. The third kappa shape index (κ3) is 6.22. The van der Waals surface area contributed by atoms with Gasteiger partial charge in [0.15, 0.2) is 0 Å². The number of carbonyl (C=O) groups excluding carboxylic acids is 2. The van der Waals surface area contributed by atoms with Gasteiger partial charge in [-0.1, -0.05) is 0 Å². The lowest BCUT2D eigenvalue weighted by atomic mass is 10.2. The molecule has 0 aliphatic heterocycles. The van der Waals surface area contributed by atoms with Crippen molar-refractivity contribution < 1.29 is 32.2 Å². The molecule has 3 rings (SSSR count). The number of rotatable bonds is 6. The van der Waals surface area contributed by atoms with E-state index in [1.165, 1.54) is 18.3 Å². The highest BCUT2D eigenvalue weighted by atomic mass is 32.2. The van der Waals surface area contributed by atoms with Gasteiger partial charge in [-0.05, 0) is 52.0 Å². The average Bonchev–Trinajstić information content (AvgIpc) is 3.06. The van der Waals surface area contributed by atoms with Crippen molar-refractivity contribution in [2.24, 2.45) is 0 Å². The normalized spacial score (nSPS) is 11.8. The summed E-state index contributed by atoms with van der Waals surface area (Å²) < 4.78 is 42.4. The van der Waals surface area contributed by atoms with Crippen LogP contribution in [0, 0.1) is 0 Å². The van der Waals surface area contributed by atoms with Crippen molar-refractivity contribution in [3.05, 3.63) is 48.3 Å². The molecule has 1 aromatic carbocycles. The molecule has 0 atom stereocenters. The molecule has 0 spiro atoms. The number of nitrogens with one attached hydrogen (secondary N) is 1. The fourth-order valence-electron chi connectivity index (χ4n) is 2.94. The number of fused-ring (bicyclic) bond motifs is 1. The third-order valence-electron chi connectivity index (χ3n) is 4.10. The van der Waals surface area contributed by atoms with Crippen LogP contribution in [0.25, 0.3) is 10.9 Å². The van der Waals surface area contributed by atoms with Crippen LogP contribution < -0.4 is 9.46 Å². The van der Waals surface area contributed by atoms with Gasteiger partial charge in [0, 0.05) is 17.5 Å². The SMILES string of the molecule is CCOC(=O)c1cc2ccc(Oc3ccc(NS(C)(=O)=O)cn3)cc2n1C(=O)OC(C)(C)C. The monoisotopic (exact) mass is 475 g/mol. The van der Waals surface area contributed by atoms with E-state index in [0.29, 0.717) is 16.7 Å². The molecule has 0 saturated heterocycles. The summed E-state index contributed by atoms with van der Waals surface area (Å²) in [5.74, 6) is -0.107. The van der Waals surface area contributed by atoms with Gasteiger partial charge in [0.25, 0.3) is 0 Å². The molecule has 0 aliphatic rings. The zero-order valence-corrected chi connectivity index (χ0v) is 19.7. The first-order chi connectivity index (χ1) is 15.4. The number of ether oxygens (including phenoxy) is 3. The van der Waals surface area contributed by atoms with E-state index in [1.54, 1.807) is 52.0 Å². The minimum absolute atomic E-state index is 0.0348. The van der Waals surface area contributed by atoms with Gasteiger partial charge < -0.3 is 14.2 Å². The molecule has 176 valence electrons. The van der Waals surface area contributed by atoms with Crippen LogP contribution in [0.1, 0.15) is 38.2 Å². The van der Waals surface area contributed by atoms with Crippen molar-refractivity contribution in [3.8, 4) is 11.6 Å². The van der Waals surface area contributed by atoms with Gasteiger partial charge in [-0.2, -0.15) is 0 Å². The predicted octanol–water partition coefficient (Wildman–Crippen LogP) is 4.16. The van der Waals surface area contributed by atoms with Crippen LogP contribution in [0.15, 0.2) is 42.6 Å². The van der Waals surface area contributed by atoms with Crippen LogP contribution in [0.2, 0.25) is 0 Å². The second-order valence-electron chi connectivity index (χ2n) is 8.15. The van der Waals surface area contributed by atoms with E-state index >= 15 is 0 Å². The number of carbonyl (C=O) groups is 2. The minimum atomic E-state index is -3.42. The van der Waals surface area contributed by atoms with Crippen LogP contribution in [-0.2, 0) is 19.5 Å². The Morgan fingerprint density at radius 1 is 1.12 bits per heavy atom. The van der Waals surface area contributed by atoms with Gasteiger partial charge in [0.05, 0.1) is 30.3 Å². The van der Waals surface area contributed by atoms with Crippen LogP contribution in [0.3, 0.4) is 0 Å². The molecule has 11 heteroatoms. The molecule has 2 aromatic heterocycles. The number of aromatic nitrogens is 2. The van der Waals surface area contributed by atoms with Gasteiger partial charge in [-0.25, -0.2) is 27.6 Å². The van der Waals surface area contributed by atoms with E-state index in [-0.39, 0.29) is 23.9 Å². The number of anilines is 1. The lowest BCUT2D eigenvalue weighted by Gasteiger charge is -2.20.